The fourth-order valence-electron chi connectivity index (χ4n) is 2.62. The number of aryl methyl sites for hydroxylation is 1. The Morgan fingerprint density at radius 3 is 2.85 bits per heavy atom. The van der Waals surface area contributed by atoms with Crippen molar-refractivity contribution in [3.8, 4) is 11.5 Å². The Kier molecular flexibility index (Phi) is 3.26. The van der Waals surface area contributed by atoms with Crippen molar-refractivity contribution >= 4 is 5.69 Å². The second kappa shape index (κ2) is 5.08. The molecule has 1 aliphatic heterocycles. The average Bonchev–Trinajstić information content (AvgIpc) is 2.85. The SMILES string of the molecule is Cc1ccc(C(C)Nc2ccc3c(c2)CCO3)c(O)c1. The molecule has 104 valence electrons. The summed E-state index contributed by atoms with van der Waals surface area (Å²) in [6.07, 6.45) is 0.967. The van der Waals surface area contributed by atoms with Gasteiger partial charge in [-0.2, -0.15) is 0 Å². The van der Waals surface area contributed by atoms with Crippen molar-refractivity contribution in [1.29, 1.82) is 0 Å². The number of fused-ring (bicyclic) bond motifs is 1. The molecule has 0 saturated carbocycles. The minimum atomic E-state index is 0.0518. The third-order valence-corrected chi connectivity index (χ3v) is 3.73. The molecule has 0 aliphatic carbocycles. The topological polar surface area (TPSA) is 41.5 Å². The van der Waals surface area contributed by atoms with E-state index in [0.29, 0.717) is 5.75 Å². The fraction of sp³-hybridized carbons (Fsp3) is 0.294. The van der Waals surface area contributed by atoms with Gasteiger partial charge in [-0.15, -0.1) is 0 Å². The van der Waals surface area contributed by atoms with Crippen molar-refractivity contribution in [3.63, 3.8) is 0 Å². The Morgan fingerprint density at radius 1 is 1.20 bits per heavy atom. The number of anilines is 1. The first kappa shape index (κ1) is 12.9. The molecule has 3 heteroatoms. The van der Waals surface area contributed by atoms with Crippen LogP contribution in [0.5, 0.6) is 11.5 Å². The number of hydrogen-bond donors (Lipinski definition) is 2. The highest BCUT2D eigenvalue weighted by atomic mass is 16.5. The molecule has 0 bridgehead atoms. The van der Waals surface area contributed by atoms with Crippen molar-refractivity contribution in [1.82, 2.24) is 0 Å². The summed E-state index contributed by atoms with van der Waals surface area (Å²) in [5.41, 5.74) is 4.28. The summed E-state index contributed by atoms with van der Waals surface area (Å²) in [7, 11) is 0. The summed E-state index contributed by atoms with van der Waals surface area (Å²) in [6.45, 7) is 4.79. The van der Waals surface area contributed by atoms with Gasteiger partial charge < -0.3 is 15.2 Å². The number of phenols is 1. The lowest BCUT2D eigenvalue weighted by molar-refractivity contribution is 0.357. The summed E-state index contributed by atoms with van der Waals surface area (Å²) in [6, 6.07) is 12.0. The Balaban J connectivity index is 1.80. The van der Waals surface area contributed by atoms with Gasteiger partial charge in [0.2, 0.25) is 0 Å². The summed E-state index contributed by atoms with van der Waals surface area (Å²) in [4.78, 5) is 0. The van der Waals surface area contributed by atoms with Crippen molar-refractivity contribution in [2.45, 2.75) is 26.3 Å². The Hall–Kier alpha value is -2.16. The number of nitrogens with one attached hydrogen (secondary N) is 1. The van der Waals surface area contributed by atoms with Crippen molar-refractivity contribution in [3.05, 3.63) is 53.1 Å². The largest absolute Gasteiger partial charge is 0.508 e. The number of ether oxygens (including phenoxy) is 1. The van der Waals surface area contributed by atoms with Crippen molar-refractivity contribution < 1.29 is 9.84 Å². The predicted octanol–water partition coefficient (Wildman–Crippen LogP) is 3.81. The van der Waals surface area contributed by atoms with Crippen LogP contribution < -0.4 is 10.1 Å². The van der Waals surface area contributed by atoms with E-state index in [1.165, 1.54) is 5.56 Å². The second-order valence-corrected chi connectivity index (χ2v) is 5.35. The quantitative estimate of drug-likeness (QED) is 0.890. The molecular formula is C17H19NO2. The molecule has 20 heavy (non-hydrogen) atoms. The summed E-state index contributed by atoms with van der Waals surface area (Å²) in [5.74, 6) is 1.33. The van der Waals surface area contributed by atoms with Crippen LogP contribution in [-0.2, 0) is 6.42 Å². The molecule has 3 nitrogen and oxygen atoms in total. The third-order valence-electron chi connectivity index (χ3n) is 3.73. The van der Waals surface area contributed by atoms with Gasteiger partial charge in [-0.05, 0) is 49.2 Å². The van der Waals surface area contributed by atoms with Crippen LogP contribution in [0.1, 0.15) is 29.7 Å². The highest BCUT2D eigenvalue weighted by Crippen LogP contribution is 2.31. The molecule has 1 aliphatic rings. The first-order chi connectivity index (χ1) is 9.63. The first-order valence-electron chi connectivity index (χ1n) is 6.95. The fourth-order valence-corrected chi connectivity index (χ4v) is 2.62. The maximum Gasteiger partial charge on any atom is 0.122 e. The number of hydrogen-bond acceptors (Lipinski definition) is 3. The van der Waals surface area contributed by atoms with E-state index >= 15 is 0 Å². The van der Waals surface area contributed by atoms with Gasteiger partial charge >= 0.3 is 0 Å². The highest BCUT2D eigenvalue weighted by Gasteiger charge is 2.14. The van der Waals surface area contributed by atoms with Crippen LogP contribution in [0.25, 0.3) is 0 Å². The molecule has 2 aromatic carbocycles. The van der Waals surface area contributed by atoms with Crippen LogP contribution in [0.4, 0.5) is 5.69 Å². The standard InChI is InChI=1S/C17H19NO2/c1-11-3-5-15(16(19)9-11)12(2)18-14-4-6-17-13(10-14)7-8-20-17/h3-6,9-10,12,18-19H,7-8H2,1-2H3. The van der Waals surface area contributed by atoms with E-state index in [1.54, 1.807) is 6.07 Å². The first-order valence-corrected chi connectivity index (χ1v) is 6.95. The molecule has 2 N–H and O–H groups in total. The Labute approximate surface area is 119 Å². The molecule has 0 saturated heterocycles. The van der Waals surface area contributed by atoms with E-state index in [4.69, 9.17) is 4.74 Å². The number of aromatic hydroxyl groups is 1. The zero-order chi connectivity index (χ0) is 14.1. The van der Waals surface area contributed by atoms with Gasteiger partial charge in [-0.25, -0.2) is 0 Å². The number of rotatable bonds is 3. The minimum absolute atomic E-state index is 0.0518. The molecule has 3 rings (SSSR count). The maximum atomic E-state index is 10.0. The highest BCUT2D eigenvalue weighted by molar-refractivity contribution is 5.54. The molecule has 1 unspecified atom stereocenters. The Morgan fingerprint density at radius 2 is 2.05 bits per heavy atom. The zero-order valence-corrected chi connectivity index (χ0v) is 11.8. The summed E-state index contributed by atoms with van der Waals surface area (Å²) >= 11 is 0. The second-order valence-electron chi connectivity index (χ2n) is 5.35. The van der Waals surface area contributed by atoms with E-state index < -0.39 is 0 Å². The predicted molar refractivity (Wildman–Crippen MR) is 80.5 cm³/mol. The van der Waals surface area contributed by atoms with Gasteiger partial charge in [-0.1, -0.05) is 12.1 Å². The number of benzene rings is 2. The molecule has 0 fully saturated rings. The van der Waals surface area contributed by atoms with Crippen molar-refractivity contribution in [2.75, 3.05) is 11.9 Å². The molecule has 1 atom stereocenters. The van der Waals surface area contributed by atoms with Crippen LogP contribution in [0, 0.1) is 6.92 Å². The van der Waals surface area contributed by atoms with Gasteiger partial charge in [0, 0.05) is 17.7 Å². The molecule has 1 heterocycles. The van der Waals surface area contributed by atoms with Crippen molar-refractivity contribution in [2.24, 2.45) is 0 Å². The zero-order valence-electron chi connectivity index (χ0n) is 11.8. The average molecular weight is 269 g/mol. The summed E-state index contributed by atoms with van der Waals surface area (Å²) in [5, 5.41) is 13.5. The van der Waals surface area contributed by atoms with E-state index in [1.807, 2.05) is 38.1 Å². The number of phenolic OH excluding ortho intramolecular Hbond substituents is 1. The smallest absolute Gasteiger partial charge is 0.122 e. The Bertz CT molecular complexity index is 637. The molecule has 0 radical (unpaired) electrons. The van der Waals surface area contributed by atoms with E-state index in [2.05, 4.69) is 11.4 Å². The molecule has 0 spiro atoms. The normalized spacial score (nSPS) is 14.5. The van der Waals surface area contributed by atoms with Gasteiger partial charge in [0.15, 0.2) is 0 Å². The van der Waals surface area contributed by atoms with Gasteiger partial charge in [0.05, 0.1) is 12.6 Å². The maximum absolute atomic E-state index is 10.0. The lowest BCUT2D eigenvalue weighted by Crippen LogP contribution is -2.07. The molecular weight excluding hydrogens is 250 g/mol. The van der Waals surface area contributed by atoms with Gasteiger partial charge in [0.1, 0.15) is 11.5 Å². The molecule has 0 amide bonds. The lowest BCUT2D eigenvalue weighted by Gasteiger charge is -2.17. The van der Waals surface area contributed by atoms with E-state index in [0.717, 1.165) is 35.6 Å². The minimum Gasteiger partial charge on any atom is -0.508 e. The van der Waals surface area contributed by atoms with Gasteiger partial charge in [-0.3, -0.25) is 0 Å². The van der Waals surface area contributed by atoms with Crippen LogP contribution >= 0.6 is 0 Å². The molecule has 0 aromatic heterocycles. The lowest BCUT2D eigenvalue weighted by atomic mass is 10.0. The van der Waals surface area contributed by atoms with Crippen LogP contribution in [-0.4, -0.2) is 11.7 Å². The molecule has 2 aromatic rings. The van der Waals surface area contributed by atoms with Crippen LogP contribution in [0.2, 0.25) is 0 Å². The van der Waals surface area contributed by atoms with E-state index in [-0.39, 0.29) is 6.04 Å². The van der Waals surface area contributed by atoms with Crippen LogP contribution in [0.15, 0.2) is 36.4 Å². The third kappa shape index (κ3) is 2.44. The monoisotopic (exact) mass is 269 g/mol. The summed E-state index contributed by atoms with van der Waals surface area (Å²) < 4.78 is 5.51. The van der Waals surface area contributed by atoms with Crippen LogP contribution in [0.3, 0.4) is 0 Å². The van der Waals surface area contributed by atoms with Gasteiger partial charge in [0.25, 0.3) is 0 Å². The van der Waals surface area contributed by atoms with E-state index in [9.17, 15) is 5.11 Å².